The molecule has 3 aromatic rings. The van der Waals surface area contributed by atoms with Crippen molar-refractivity contribution < 1.29 is 26.7 Å². The third-order valence-electron chi connectivity index (χ3n) is 4.14. The molecule has 0 aliphatic heterocycles. The maximum absolute atomic E-state index is 14.0. The van der Waals surface area contributed by atoms with Gasteiger partial charge in [-0.25, -0.2) is 8.78 Å². The summed E-state index contributed by atoms with van der Waals surface area (Å²) in [5.74, 6) is -1.25. The van der Waals surface area contributed by atoms with Gasteiger partial charge < -0.3 is 0 Å². The Balaban J connectivity index is 2.23. The minimum Gasteiger partial charge on any atom is -0.279 e. The lowest BCUT2D eigenvalue weighted by Gasteiger charge is -2.21. The van der Waals surface area contributed by atoms with Crippen molar-refractivity contribution in [2.75, 3.05) is 4.90 Å². The number of anilines is 2. The highest BCUT2D eigenvalue weighted by molar-refractivity contribution is 5.94. The van der Waals surface area contributed by atoms with Crippen molar-refractivity contribution in [3.05, 3.63) is 65.5 Å². The van der Waals surface area contributed by atoms with E-state index in [1.807, 2.05) is 0 Å². The highest BCUT2D eigenvalue weighted by atomic mass is 19.4. The van der Waals surface area contributed by atoms with Gasteiger partial charge in [0.2, 0.25) is 6.41 Å². The van der Waals surface area contributed by atoms with Crippen LogP contribution >= 0.6 is 0 Å². The van der Waals surface area contributed by atoms with E-state index in [0.29, 0.717) is 10.5 Å². The van der Waals surface area contributed by atoms with Gasteiger partial charge in [-0.3, -0.25) is 14.4 Å². The number of halogens is 5. The third-order valence-corrected chi connectivity index (χ3v) is 4.14. The van der Waals surface area contributed by atoms with E-state index in [-0.39, 0.29) is 23.2 Å². The van der Waals surface area contributed by atoms with Gasteiger partial charge in [-0.1, -0.05) is 12.1 Å². The zero-order valence-corrected chi connectivity index (χ0v) is 14.8. The van der Waals surface area contributed by atoms with Gasteiger partial charge in [0.25, 0.3) is 0 Å². The molecule has 1 amide bonds. The van der Waals surface area contributed by atoms with Crippen LogP contribution < -0.4 is 4.90 Å². The molecule has 0 aliphatic rings. The van der Waals surface area contributed by atoms with Crippen molar-refractivity contribution in [3.8, 4) is 11.1 Å². The number of aromatic nitrogens is 2. The monoisotopic (exact) mass is 395 g/mol. The summed E-state index contributed by atoms with van der Waals surface area (Å²) in [6.45, 7) is 1.54. The zero-order valence-electron chi connectivity index (χ0n) is 14.8. The molecule has 0 aliphatic carbocycles. The van der Waals surface area contributed by atoms with Crippen molar-refractivity contribution in [1.82, 2.24) is 9.78 Å². The van der Waals surface area contributed by atoms with Crippen LogP contribution in [0.1, 0.15) is 11.3 Å². The van der Waals surface area contributed by atoms with Crippen LogP contribution in [0.2, 0.25) is 0 Å². The number of nitrogens with zero attached hydrogens (tertiary/aromatic N) is 3. The van der Waals surface area contributed by atoms with E-state index in [1.54, 1.807) is 0 Å². The van der Waals surface area contributed by atoms with Crippen molar-refractivity contribution in [2.45, 2.75) is 13.1 Å². The molecule has 2 aromatic carbocycles. The smallest absolute Gasteiger partial charge is 0.279 e. The van der Waals surface area contributed by atoms with Crippen LogP contribution in [-0.4, -0.2) is 16.2 Å². The minimum atomic E-state index is -4.81. The Morgan fingerprint density at radius 2 is 1.79 bits per heavy atom. The average molecular weight is 395 g/mol. The average Bonchev–Trinajstić information content (AvgIpc) is 3.01. The highest BCUT2D eigenvalue weighted by Crippen LogP contribution is 2.41. The summed E-state index contributed by atoms with van der Waals surface area (Å²) in [4.78, 5) is 12.4. The number of amides is 1. The molecular weight excluding hydrogens is 381 g/mol. The van der Waals surface area contributed by atoms with Crippen molar-refractivity contribution >= 4 is 17.8 Å². The highest BCUT2D eigenvalue weighted by Gasteiger charge is 2.39. The zero-order chi connectivity index (χ0) is 20.6. The summed E-state index contributed by atoms with van der Waals surface area (Å²) in [6.07, 6.45) is -3.61. The van der Waals surface area contributed by atoms with Crippen LogP contribution in [0.3, 0.4) is 0 Å². The Morgan fingerprint density at radius 3 is 2.39 bits per heavy atom. The molecule has 9 heteroatoms. The number of carbonyl (C=O) groups is 1. The number of carbonyl (C=O) groups excluding carboxylic acids is 1. The molecule has 3 rings (SSSR count). The minimum absolute atomic E-state index is 0.0434. The molecular formula is C19H14F5N3O. The molecule has 0 radical (unpaired) electrons. The molecule has 0 saturated heterocycles. The van der Waals surface area contributed by atoms with E-state index in [4.69, 9.17) is 0 Å². The van der Waals surface area contributed by atoms with Gasteiger partial charge in [-0.05, 0) is 42.3 Å². The standard InChI is InChI=1S/C19H14F5N3O/c1-11-3-4-12(7-15(11)21)14-8-13(20)5-6-16(14)27(10-28)17-9-26(2)25-18(17)19(22,23)24/h3-10H,1-2H3. The van der Waals surface area contributed by atoms with Gasteiger partial charge in [-0.15, -0.1) is 0 Å². The first kappa shape index (κ1) is 19.5. The Hall–Kier alpha value is -3.23. The predicted molar refractivity (Wildman–Crippen MR) is 92.9 cm³/mol. The van der Waals surface area contributed by atoms with Crippen LogP contribution in [0.15, 0.2) is 42.6 Å². The third kappa shape index (κ3) is 3.60. The van der Waals surface area contributed by atoms with Crippen LogP contribution in [0, 0.1) is 18.6 Å². The van der Waals surface area contributed by atoms with E-state index >= 15 is 0 Å². The van der Waals surface area contributed by atoms with Crippen molar-refractivity contribution in [2.24, 2.45) is 7.05 Å². The fourth-order valence-corrected chi connectivity index (χ4v) is 2.81. The summed E-state index contributed by atoms with van der Waals surface area (Å²) in [5, 5.41) is 3.38. The normalized spacial score (nSPS) is 11.5. The fourth-order valence-electron chi connectivity index (χ4n) is 2.81. The summed E-state index contributed by atoms with van der Waals surface area (Å²) in [5.41, 5.74) is -1.22. The van der Waals surface area contributed by atoms with E-state index in [0.717, 1.165) is 35.1 Å². The first-order chi connectivity index (χ1) is 13.1. The number of hydrogen-bond acceptors (Lipinski definition) is 2. The Morgan fingerprint density at radius 1 is 1.07 bits per heavy atom. The van der Waals surface area contributed by atoms with Crippen molar-refractivity contribution in [3.63, 3.8) is 0 Å². The number of aryl methyl sites for hydroxylation is 2. The van der Waals surface area contributed by atoms with E-state index < -0.39 is 29.2 Å². The second-order valence-corrected chi connectivity index (χ2v) is 6.14. The van der Waals surface area contributed by atoms with Crippen LogP contribution in [0.25, 0.3) is 11.1 Å². The largest absolute Gasteiger partial charge is 0.437 e. The lowest BCUT2D eigenvalue weighted by molar-refractivity contribution is -0.140. The molecule has 146 valence electrons. The van der Waals surface area contributed by atoms with Crippen LogP contribution in [-0.2, 0) is 18.0 Å². The molecule has 28 heavy (non-hydrogen) atoms. The Kier molecular flexibility index (Phi) is 4.93. The second-order valence-electron chi connectivity index (χ2n) is 6.14. The number of alkyl halides is 3. The second kappa shape index (κ2) is 7.06. The summed E-state index contributed by atoms with van der Waals surface area (Å²) < 4.78 is 68.8. The summed E-state index contributed by atoms with van der Waals surface area (Å²) in [6, 6.07) is 7.26. The molecule has 1 aromatic heterocycles. The molecule has 4 nitrogen and oxygen atoms in total. The van der Waals surface area contributed by atoms with Crippen LogP contribution in [0.4, 0.5) is 33.3 Å². The molecule has 0 spiro atoms. The van der Waals surface area contributed by atoms with E-state index in [2.05, 4.69) is 5.10 Å². The topological polar surface area (TPSA) is 38.1 Å². The first-order valence-electron chi connectivity index (χ1n) is 8.03. The van der Waals surface area contributed by atoms with Crippen molar-refractivity contribution in [1.29, 1.82) is 0 Å². The lowest BCUT2D eigenvalue weighted by atomic mass is 10.0. The molecule has 0 fully saturated rings. The fraction of sp³-hybridized carbons (Fsp3) is 0.158. The van der Waals surface area contributed by atoms with Gasteiger partial charge in [0, 0.05) is 18.8 Å². The first-order valence-corrected chi connectivity index (χ1v) is 8.03. The summed E-state index contributed by atoms with van der Waals surface area (Å²) in [7, 11) is 1.28. The molecule has 0 saturated carbocycles. The SMILES string of the molecule is Cc1ccc(-c2cc(F)ccc2N(C=O)c2cn(C)nc2C(F)(F)F)cc1F. The van der Waals surface area contributed by atoms with Gasteiger partial charge in [0.15, 0.2) is 5.69 Å². The van der Waals surface area contributed by atoms with E-state index in [9.17, 15) is 26.7 Å². The van der Waals surface area contributed by atoms with Gasteiger partial charge in [0.1, 0.15) is 11.6 Å². The molecule has 0 atom stereocenters. The lowest BCUT2D eigenvalue weighted by Crippen LogP contribution is -2.19. The quantitative estimate of drug-likeness (QED) is 0.461. The maximum atomic E-state index is 14.0. The molecule has 0 bridgehead atoms. The number of rotatable bonds is 4. The van der Waals surface area contributed by atoms with E-state index in [1.165, 1.54) is 26.1 Å². The molecule has 0 unspecified atom stereocenters. The Bertz CT molecular complexity index is 1040. The molecule has 1 heterocycles. The molecule has 0 N–H and O–H groups in total. The van der Waals surface area contributed by atoms with Gasteiger partial charge in [-0.2, -0.15) is 18.3 Å². The Labute approximate surface area is 156 Å². The van der Waals surface area contributed by atoms with Gasteiger partial charge in [0.05, 0.1) is 11.4 Å². The van der Waals surface area contributed by atoms with Crippen LogP contribution in [0.5, 0.6) is 0 Å². The predicted octanol–water partition coefficient (Wildman–Crippen LogP) is 4.99. The maximum Gasteiger partial charge on any atom is 0.437 e. The number of benzene rings is 2. The van der Waals surface area contributed by atoms with Gasteiger partial charge >= 0.3 is 6.18 Å². The number of hydrogen-bond donors (Lipinski definition) is 0. The summed E-state index contributed by atoms with van der Waals surface area (Å²) >= 11 is 0.